The lowest BCUT2D eigenvalue weighted by atomic mass is 10.0. The zero-order valence-corrected chi connectivity index (χ0v) is 15.1. The van der Waals surface area contributed by atoms with E-state index in [0.29, 0.717) is 6.42 Å². The predicted octanol–water partition coefficient (Wildman–Crippen LogP) is 4.04. The molecule has 5 heteroatoms. The van der Waals surface area contributed by atoms with Gasteiger partial charge in [0.1, 0.15) is 9.84 Å². The minimum Gasteiger partial charge on any atom is -0.330 e. The Labute approximate surface area is 149 Å². The molecule has 0 radical (unpaired) electrons. The van der Waals surface area contributed by atoms with Crippen molar-refractivity contribution in [2.75, 3.05) is 12.0 Å². The molecule has 2 aromatic carbocycles. The SMILES string of the molecule is CS(=O)(=O)CCCCn1cnc(-c2ccccc2)c1-c1ccccc1. The summed E-state index contributed by atoms with van der Waals surface area (Å²) in [5.74, 6) is 0.230. The molecule has 0 atom stereocenters. The van der Waals surface area contributed by atoms with Gasteiger partial charge in [-0.1, -0.05) is 60.7 Å². The van der Waals surface area contributed by atoms with E-state index in [1.807, 2.05) is 42.7 Å². The monoisotopic (exact) mass is 354 g/mol. The molecule has 130 valence electrons. The van der Waals surface area contributed by atoms with E-state index in [-0.39, 0.29) is 5.75 Å². The third-order valence-electron chi connectivity index (χ3n) is 4.10. The smallest absolute Gasteiger partial charge is 0.147 e. The van der Waals surface area contributed by atoms with E-state index in [1.165, 1.54) is 6.26 Å². The van der Waals surface area contributed by atoms with Crippen molar-refractivity contribution in [1.29, 1.82) is 0 Å². The molecule has 0 fully saturated rings. The predicted molar refractivity (Wildman–Crippen MR) is 102 cm³/mol. The van der Waals surface area contributed by atoms with Gasteiger partial charge >= 0.3 is 0 Å². The maximum absolute atomic E-state index is 11.3. The van der Waals surface area contributed by atoms with Crippen molar-refractivity contribution in [3.8, 4) is 22.5 Å². The van der Waals surface area contributed by atoms with Crippen LogP contribution in [0.1, 0.15) is 12.8 Å². The number of hydrogen-bond donors (Lipinski definition) is 0. The molecule has 0 N–H and O–H groups in total. The summed E-state index contributed by atoms with van der Waals surface area (Å²) in [6, 6.07) is 20.3. The zero-order valence-electron chi connectivity index (χ0n) is 14.3. The quantitative estimate of drug-likeness (QED) is 0.602. The van der Waals surface area contributed by atoms with E-state index < -0.39 is 9.84 Å². The van der Waals surface area contributed by atoms with E-state index in [1.54, 1.807) is 0 Å². The maximum Gasteiger partial charge on any atom is 0.147 e. The van der Waals surface area contributed by atoms with Gasteiger partial charge in [0.05, 0.1) is 17.7 Å². The Kier molecular flexibility index (Phi) is 5.34. The van der Waals surface area contributed by atoms with Crippen molar-refractivity contribution >= 4 is 9.84 Å². The Bertz CT molecular complexity index is 917. The lowest BCUT2D eigenvalue weighted by molar-refractivity contribution is 0.588. The van der Waals surface area contributed by atoms with Crippen LogP contribution < -0.4 is 0 Å². The molecule has 0 aliphatic rings. The van der Waals surface area contributed by atoms with E-state index in [9.17, 15) is 8.42 Å². The summed E-state index contributed by atoms with van der Waals surface area (Å²) in [7, 11) is -2.90. The number of aryl methyl sites for hydroxylation is 1. The van der Waals surface area contributed by atoms with E-state index in [2.05, 4.69) is 33.8 Å². The van der Waals surface area contributed by atoms with Crippen LogP contribution in [0.5, 0.6) is 0 Å². The van der Waals surface area contributed by atoms with Crippen LogP contribution in [0.25, 0.3) is 22.5 Å². The Hall–Kier alpha value is -2.40. The average Bonchev–Trinajstić information content (AvgIpc) is 3.03. The molecule has 4 nitrogen and oxygen atoms in total. The standard InChI is InChI=1S/C20H22N2O2S/c1-25(23,24)15-9-8-14-22-16-21-19(17-10-4-2-5-11-17)20(22)18-12-6-3-7-13-18/h2-7,10-13,16H,8-9,14-15H2,1H3. The van der Waals surface area contributed by atoms with Crippen molar-refractivity contribution in [3.05, 3.63) is 67.0 Å². The molecular weight excluding hydrogens is 332 g/mol. The van der Waals surface area contributed by atoms with Crippen LogP contribution in [0.2, 0.25) is 0 Å². The fourth-order valence-corrected chi connectivity index (χ4v) is 3.63. The normalized spacial score (nSPS) is 11.6. The van der Waals surface area contributed by atoms with Crippen molar-refractivity contribution in [2.45, 2.75) is 19.4 Å². The molecule has 25 heavy (non-hydrogen) atoms. The van der Waals surface area contributed by atoms with E-state index in [0.717, 1.165) is 35.5 Å². The fourth-order valence-electron chi connectivity index (χ4n) is 2.90. The molecule has 0 aliphatic heterocycles. The molecule has 1 aromatic heterocycles. The Morgan fingerprint density at radius 2 is 1.48 bits per heavy atom. The van der Waals surface area contributed by atoms with Crippen LogP contribution in [0.3, 0.4) is 0 Å². The minimum absolute atomic E-state index is 0.230. The van der Waals surface area contributed by atoms with Gasteiger partial charge in [-0.25, -0.2) is 13.4 Å². The van der Waals surface area contributed by atoms with Crippen molar-refractivity contribution < 1.29 is 8.42 Å². The van der Waals surface area contributed by atoms with Gasteiger partial charge < -0.3 is 4.57 Å². The molecule has 3 rings (SSSR count). The van der Waals surface area contributed by atoms with Crippen LogP contribution in [0, 0.1) is 0 Å². The van der Waals surface area contributed by atoms with E-state index in [4.69, 9.17) is 0 Å². The molecule has 0 amide bonds. The highest BCUT2D eigenvalue weighted by Gasteiger charge is 2.14. The number of sulfone groups is 1. The van der Waals surface area contributed by atoms with Gasteiger partial charge in [-0.2, -0.15) is 0 Å². The maximum atomic E-state index is 11.3. The third-order valence-corrected chi connectivity index (χ3v) is 5.13. The Morgan fingerprint density at radius 3 is 2.08 bits per heavy atom. The fraction of sp³-hybridized carbons (Fsp3) is 0.250. The summed E-state index contributed by atoms with van der Waals surface area (Å²) in [4.78, 5) is 4.63. The first-order valence-corrected chi connectivity index (χ1v) is 10.4. The first-order valence-electron chi connectivity index (χ1n) is 8.38. The summed E-state index contributed by atoms with van der Waals surface area (Å²) in [5, 5.41) is 0. The summed E-state index contributed by atoms with van der Waals surface area (Å²) in [6.07, 6.45) is 4.60. The highest BCUT2D eigenvalue weighted by atomic mass is 32.2. The number of aromatic nitrogens is 2. The summed E-state index contributed by atoms with van der Waals surface area (Å²) in [6.45, 7) is 0.750. The lowest BCUT2D eigenvalue weighted by Gasteiger charge is -2.10. The minimum atomic E-state index is -2.90. The summed E-state index contributed by atoms with van der Waals surface area (Å²) in [5.41, 5.74) is 4.22. The first-order chi connectivity index (χ1) is 12.0. The zero-order chi connectivity index (χ0) is 17.7. The summed E-state index contributed by atoms with van der Waals surface area (Å²) >= 11 is 0. The van der Waals surface area contributed by atoms with Crippen LogP contribution in [0.15, 0.2) is 67.0 Å². The van der Waals surface area contributed by atoms with Crippen LogP contribution in [0.4, 0.5) is 0 Å². The molecule has 0 saturated heterocycles. The number of imidazole rings is 1. The van der Waals surface area contributed by atoms with Gasteiger partial charge in [0, 0.05) is 29.7 Å². The second kappa shape index (κ2) is 7.66. The van der Waals surface area contributed by atoms with Crippen LogP contribution in [-0.2, 0) is 16.4 Å². The topological polar surface area (TPSA) is 52.0 Å². The average molecular weight is 354 g/mol. The number of nitrogens with zero attached hydrogens (tertiary/aromatic N) is 2. The van der Waals surface area contributed by atoms with Crippen molar-refractivity contribution in [2.24, 2.45) is 0 Å². The molecular formula is C20H22N2O2S. The van der Waals surface area contributed by atoms with Crippen LogP contribution in [-0.4, -0.2) is 30.0 Å². The Balaban J connectivity index is 1.90. The largest absolute Gasteiger partial charge is 0.330 e. The van der Waals surface area contributed by atoms with Gasteiger partial charge in [0.2, 0.25) is 0 Å². The van der Waals surface area contributed by atoms with E-state index >= 15 is 0 Å². The lowest BCUT2D eigenvalue weighted by Crippen LogP contribution is -2.05. The molecule has 0 unspecified atom stereocenters. The highest BCUT2D eigenvalue weighted by Crippen LogP contribution is 2.31. The van der Waals surface area contributed by atoms with Crippen molar-refractivity contribution in [3.63, 3.8) is 0 Å². The number of hydrogen-bond acceptors (Lipinski definition) is 3. The van der Waals surface area contributed by atoms with Gasteiger partial charge in [-0.15, -0.1) is 0 Å². The second-order valence-corrected chi connectivity index (χ2v) is 8.46. The number of unbranched alkanes of at least 4 members (excludes halogenated alkanes) is 1. The van der Waals surface area contributed by atoms with Gasteiger partial charge in [0.25, 0.3) is 0 Å². The summed E-state index contributed by atoms with van der Waals surface area (Å²) < 4.78 is 24.7. The van der Waals surface area contributed by atoms with Gasteiger partial charge in [-0.3, -0.25) is 0 Å². The third kappa shape index (κ3) is 4.57. The highest BCUT2D eigenvalue weighted by molar-refractivity contribution is 7.90. The number of rotatable bonds is 7. The molecule has 1 heterocycles. The van der Waals surface area contributed by atoms with Gasteiger partial charge in [0.15, 0.2) is 0 Å². The van der Waals surface area contributed by atoms with Crippen LogP contribution >= 0.6 is 0 Å². The number of benzene rings is 2. The molecule has 0 aliphatic carbocycles. The second-order valence-electron chi connectivity index (χ2n) is 6.20. The first kappa shape index (κ1) is 17.4. The van der Waals surface area contributed by atoms with Gasteiger partial charge in [-0.05, 0) is 12.8 Å². The Morgan fingerprint density at radius 1 is 0.880 bits per heavy atom. The molecule has 0 saturated carbocycles. The van der Waals surface area contributed by atoms with Crippen molar-refractivity contribution in [1.82, 2.24) is 9.55 Å². The molecule has 0 spiro atoms. The molecule has 3 aromatic rings. The molecule has 0 bridgehead atoms.